The smallest absolute Gasteiger partial charge is 0.159 e. The molecule has 0 aliphatic rings. The van der Waals surface area contributed by atoms with Crippen LogP contribution in [0, 0.1) is 0 Å². The van der Waals surface area contributed by atoms with Crippen LogP contribution < -0.4 is 4.90 Å². The Morgan fingerprint density at radius 1 is 0.457 bits per heavy atom. The van der Waals surface area contributed by atoms with E-state index in [1.807, 2.05) is 18.3 Å². The van der Waals surface area contributed by atoms with Crippen LogP contribution in [0.2, 0.25) is 0 Å². The zero-order chi connectivity index (χ0) is 30.5. The standard InChI is InChI=1S/C43H28N2O/c1-2-9-29(10-3-1)30-17-21-33(22-18-30)45(41-16-8-15-38-40-28-44-26-25-42(40)46-43(38)41)34-23-19-31(20-24-34)39-27-32-11-4-5-12-35(32)36-13-6-7-14-37(36)39/h1-28H. The first-order chi connectivity index (χ1) is 22.8. The summed E-state index contributed by atoms with van der Waals surface area (Å²) in [6.45, 7) is 0. The predicted octanol–water partition coefficient (Wildman–Crippen LogP) is 12.1. The highest BCUT2D eigenvalue weighted by molar-refractivity contribution is 6.14. The van der Waals surface area contributed by atoms with Crippen LogP contribution in [0.3, 0.4) is 0 Å². The summed E-state index contributed by atoms with van der Waals surface area (Å²) in [5.74, 6) is 0. The van der Waals surface area contributed by atoms with Gasteiger partial charge in [-0.05, 0) is 86.3 Å². The van der Waals surface area contributed by atoms with Gasteiger partial charge in [0.25, 0.3) is 0 Å². The predicted molar refractivity (Wildman–Crippen MR) is 192 cm³/mol. The highest BCUT2D eigenvalue weighted by atomic mass is 16.3. The number of aromatic nitrogens is 1. The van der Waals surface area contributed by atoms with Crippen LogP contribution in [-0.4, -0.2) is 4.98 Å². The number of pyridine rings is 1. The number of nitrogens with zero attached hydrogens (tertiary/aromatic N) is 2. The van der Waals surface area contributed by atoms with Crippen LogP contribution in [0.25, 0.3) is 65.7 Å². The molecule has 0 bridgehead atoms. The number of hydrogen-bond acceptors (Lipinski definition) is 3. The number of fused-ring (bicyclic) bond motifs is 6. The molecule has 0 saturated heterocycles. The summed E-state index contributed by atoms with van der Waals surface area (Å²) in [5, 5.41) is 7.10. The molecule has 9 rings (SSSR count). The number of benzene rings is 7. The van der Waals surface area contributed by atoms with Crippen molar-refractivity contribution in [3.8, 4) is 22.3 Å². The van der Waals surface area contributed by atoms with Gasteiger partial charge in [-0.25, -0.2) is 0 Å². The SMILES string of the molecule is c1ccc(-c2ccc(N(c3ccc(-c4cc5ccccc5c5ccccc45)cc3)c3cccc4c3oc3ccncc34)cc2)cc1. The average Bonchev–Trinajstić information content (AvgIpc) is 3.52. The maximum absolute atomic E-state index is 6.50. The lowest BCUT2D eigenvalue weighted by molar-refractivity contribution is 0.668. The van der Waals surface area contributed by atoms with Crippen LogP contribution in [0.15, 0.2) is 175 Å². The molecule has 9 aromatic rings. The number of anilines is 3. The monoisotopic (exact) mass is 588 g/mol. The number of hydrogen-bond donors (Lipinski definition) is 0. The fraction of sp³-hybridized carbons (Fsp3) is 0. The molecule has 2 aromatic heterocycles. The molecule has 7 aromatic carbocycles. The van der Waals surface area contributed by atoms with Crippen molar-refractivity contribution in [2.75, 3.05) is 4.90 Å². The molecule has 0 spiro atoms. The summed E-state index contributed by atoms with van der Waals surface area (Å²) in [6.07, 6.45) is 3.66. The minimum atomic E-state index is 0.829. The van der Waals surface area contributed by atoms with Gasteiger partial charge in [0.05, 0.1) is 5.69 Å². The minimum Gasteiger partial charge on any atom is -0.454 e. The molecule has 2 heterocycles. The third kappa shape index (κ3) is 4.33. The summed E-state index contributed by atoms with van der Waals surface area (Å²) < 4.78 is 6.50. The lowest BCUT2D eigenvalue weighted by Gasteiger charge is -2.26. The summed E-state index contributed by atoms with van der Waals surface area (Å²) in [6, 6.07) is 56.1. The van der Waals surface area contributed by atoms with E-state index in [-0.39, 0.29) is 0 Å². The molecule has 0 unspecified atom stereocenters. The van der Waals surface area contributed by atoms with Crippen molar-refractivity contribution in [2.45, 2.75) is 0 Å². The Labute approximate surface area is 266 Å². The Balaban J connectivity index is 1.21. The van der Waals surface area contributed by atoms with Gasteiger partial charge in [0.1, 0.15) is 5.58 Å². The van der Waals surface area contributed by atoms with Gasteiger partial charge in [-0.2, -0.15) is 0 Å². The van der Waals surface area contributed by atoms with Gasteiger partial charge in [-0.1, -0.05) is 115 Å². The van der Waals surface area contributed by atoms with E-state index in [1.54, 1.807) is 6.20 Å². The van der Waals surface area contributed by atoms with E-state index in [9.17, 15) is 0 Å². The first-order valence-electron chi connectivity index (χ1n) is 15.5. The highest BCUT2D eigenvalue weighted by Crippen LogP contribution is 2.43. The zero-order valence-electron chi connectivity index (χ0n) is 25.0. The number of furan rings is 1. The van der Waals surface area contributed by atoms with Crippen molar-refractivity contribution in [2.24, 2.45) is 0 Å². The molecular formula is C43H28N2O. The third-order valence-electron chi connectivity index (χ3n) is 8.96. The van der Waals surface area contributed by atoms with Gasteiger partial charge in [0.2, 0.25) is 0 Å². The molecule has 0 amide bonds. The Morgan fingerprint density at radius 3 is 1.87 bits per heavy atom. The molecule has 0 radical (unpaired) electrons. The lowest BCUT2D eigenvalue weighted by atomic mass is 9.93. The van der Waals surface area contributed by atoms with Crippen molar-refractivity contribution >= 4 is 60.5 Å². The van der Waals surface area contributed by atoms with E-state index in [2.05, 4.69) is 155 Å². The Bertz CT molecular complexity index is 2510. The molecular weight excluding hydrogens is 560 g/mol. The summed E-state index contributed by atoms with van der Waals surface area (Å²) >= 11 is 0. The van der Waals surface area contributed by atoms with E-state index < -0.39 is 0 Å². The first kappa shape index (κ1) is 26.2. The fourth-order valence-corrected chi connectivity index (χ4v) is 6.75. The quantitative estimate of drug-likeness (QED) is 0.187. The maximum Gasteiger partial charge on any atom is 0.159 e. The van der Waals surface area contributed by atoms with Gasteiger partial charge < -0.3 is 9.32 Å². The van der Waals surface area contributed by atoms with Crippen molar-refractivity contribution in [3.63, 3.8) is 0 Å². The van der Waals surface area contributed by atoms with E-state index in [0.717, 1.165) is 39.0 Å². The van der Waals surface area contributed by atoms with Gasteiger partial charge >= 0.3 is 0 Å². The molecule has 46 heavy (non-hydrogen) atoms. The second kappa shape index (κ2) is 10.8. The summed E-state index contributed by atoms with van der Waals surface area (Å²) in [5.41, 5.74) is 9.52. The summed E-state index contributed by atoms with van der Waals surface area (Å²) in [4.78, 5) is 6.66. The molecule has 0 saturated carbocycles. The fourth-order valence-electron chi connectivity index (χ4n) is 6.75. The lowest BCUT2D eigenvalue weighted by Crippen LogP contribution is -2.10. The Hall–Kier alpha value is -6.19. The van der Waals surface area contributed by atoms with Crippen molar-refractivity contribution < 1.29 is 4.42 Å². The van der Waals surface area contributed by atoms with Crippen LogP contribution in [0.1, 0.15) is 0 Å². The first-order valence-corrected chi connectivity index (χ1v) is 15.5. The second-order valence-electron chi connectivity index (χ2n) is 11.6. The van der Waals surface area contributed by atoms with Crippen LogP contribution in [-0.2, 0) is 0 Å². The van der Waals surface area contributed by atoms with E-state index in [0.29, 0.717) is 0 Å². The second-order valence-corrected chi connectivity index (χ2v) is 11.6. The third-order valence-corrected chi connectivity index (χ3v) is 8.96. The molecule has 0 aliphatic carbocycles. The molecule has 3 heteroatoms. The van der Waals surface area contributed by atoms with Crippen molar-refractivity contribution in [1.29, 1.82) is 0 Å². The molecule has 0 aliphatic heterocycles. The van der Waals surface area contributed by atoms with E-state index in [1.165, 1.54) is 43.8 Å². The topological polar surface area (TPSA) is 29.3 Å². The number of para-hydroxylation sites is 1. The van der Waals surface area contributed by atoms with Gasteiger partial charge in [0, 0.05) is 34.5 Å². The van der Waals surface area contributed by atoms with Crippen molar-refractivity contribution in [1.82, 2.24) is 4.98 Å². The largest absolute Gasteiger partial charge is 0.454 e. The van der Waals surface area contributed by atoms with Gasteiger partial charge in [0.15, 0.2) is 5.58 Å². The maximum atomic E-state index is 6.50. The molecule has 0 fully saturated rings. The molecule has 216 valence electrons. The molecule has 3 nitrogen and oxygen atoms in total. The average molecular weight is 589 g/mol. The van der Waals surface area contributed by atoms with E-state index >= 15 is 0 Å². The Morgan fingerprint density at radius 2 is 1.09 bits per heavy atom. The number of rotatable bonds is 5. The minimum absolute atomic E-state index is 0.829. The van der Waals surface area contributed by atoms with E-state index in [4.69, 9.17) is 4.42 Å². The summed E-state index contributed by atoms with van der Waals surface area (Å²) in [7, 11) is 0. The highest BCUT2D eigenvalue weighted by Gasteiger charge is 2.20. The molecule has 0 atom stereocenters. The van der Waals surface area contributed by atoms with Crippen LogP contribution in [0.5, 0.6) is 0 Å². The van der Waals surface area contributed by atoms with Gasteiger partial charge in [-0.15, -0.1) is 0 Å². The normalized spacial score (nSPS) is 11.5. The van der Waals surface area contributed by atoms with Crippen molar-refractivity contribution in [3.05, 3.63) is 170 Å². The zero-order valence-corrected chi connectivity index (χ0v) is 25.0. The van der Waals surface area contributed by atoms with Crippen LogP contribution in [0.4, 0.5) is 17.1 Å². The molecule has 0 N–H and O–H groups in total. The van der Waals surface area contributed by atoms with Crippen LogP contribution >= 0.6 is 0 Å². The Kier molecular flexibility index (Phi) is 6.14. The van der Waals surface area contributed by atoms with Gasteiger partial charge in [-0.3, -0.25) is 4.98 Å².